The average molecular weight is 172 g/mol. The minimum absolute atomic E-state index is 0.174. The van der Waals surface area contributed by atoms with E-state index < -0.39 is 0 Å². The summed E-state index contributed by atoms with van der Waals surface area (Å²) in [7, 11) is 0. The van der Waals surface area contributed by atoms with Gasteiger partial charge in [-0.1, -0.05) is 0 Å². The topological polar surface area (TPSA) is 99.6 Å². The van der Waals surface area contributed by atoms with Crippen molar-refractivity contribution < 1.29 is 0 Å². The monoisotopic (exact) mass is 172 g/mol. The minimum atomic E-state index is 0.174. The first-order chi connectivity index (χ1) is 6.19. The smallest absolute Gasteiger partial charge is 0.0995 e. The molecule has 0 atom stereocenters. The standard InChI is InChI=1S/C9H8N4/c10-2-1-6-3-8(12)9(13)4-7(6)5-11/h3-4H,1,12-13H2. The maximum Gasteiger partial charge on any atom is 0.0995 e. The van der Waals surface area contributed by atoms with Crippen molar-refractivity contribution in [3.8, 4) is 12.1 Å². The lowest BCUT2D eigenvalue weighted by atomic mass is 10.0. The van der Waals surface area contributed by atoms with Crippen molar-refractivity contribution in [2.45, 2.75) is 6.42 Å². The minimum Gasteiger partial charge on any atom is -0.397 e. The molecule has 1 aromatic carbocycles. The number of hydrogen-bond acceptors (Lipinski definition) is 4. The van der Waals surface area contributed by atoms with Gasteiger partial charge in [0.25, 0.3) is 0 Å². The van der Waals surface area contributed by atoms with Crippen molar-refractivity contribution in [3.63, 3.8) is 0 Å². The first kappa shape index (κ1) is 8.89. The molecule has 4 heteroatoms. The quantitative estimate of drug-likeness (QED) is 0.611. The largest absolute Gasteiger partial charge is 0.397 e. The Hall–Kier alpha value is -2.20. The highest BCUT2D eigenvalue weighted by molar-refractivity contribution is 5.67. The molecule has 0 unspecified atom stereocenters. The summed E-state index contributed by atoms with van der Waals surface area (Å²) in [5.74, 6) is 0. The lowest BCUT2D eigenvalue weighted by Crippen LogP contribution is -1.98. The van der Waals surface area contributed by atoms with E-state index in [0.717, 1.165) is 0 Å². The van der Waals surface area contributed by atoms with Gasteiger partial charge in [-0.2, -0.15) is 10.5 Å². The Morgan fingerprint density at radius 1 is 1.15 bits per heavy atom. The van der Waals surface area contributed by atoms with Crippen molar-refractivity contribution in [2.75, 3.05) is 11.5 Å². The predicted octanol–water partition coefficient (Wildman–Crippen LogP) is 0.789. The average Bonchev–Trinajstić information content (AvgIpc) is 2.11. The Balaban J connectivity index is 3.28. The molecule has 0 fully saturated rings. The maximum absolute atomic E-state index is 8.70. The van der Waals surface area contributed by atoms with Gasteiger partial charge in [-0.3, -0.25) is 0 Å². The Morgan fingerprint density at radius 2 is 1.77 bits per heavy atom. The van der Waals surface area contributed by atoms with Crippen LogP contribution in [0.15, 0.2) is 12.1 Å². The van der Waals surface area contributed by atoms with Gasteiger partial charge in [0.05, 0.1) is 35.5 Å². The molecule has 1 rings (SSSR count). The predicted molar refractivity (Wildman–Crippen MR) is 49.3 cm³/mol. The molecule has 0 aliphatic rings. The number of nitriles is 2. The van der Waals surface area contributed by atoms with E-state index in [9.17, 15) is 0 Å². The van der Waals surface area contributed by atoms with Crippen LogP contribution >= 0.6 is 0 Å². The van der Waals surface area contributed by atoms with E-state index in [1.165, 1.54) is 6.07 Å². The summed E-state index contributed by atoms with van der Waals surface area (Å²) < 4.78 is 0. The molecule has 13 heavy (non-hydrogen) atoms. The van der Waals surface area contributed by atoms with Crippen LogP contribution < -0.4 is 11.5 Å². The molecule has 0 bridgehead atoms. The van der Waals surface area contributed by atoms with Crippen molar-refractivity contribution in [3.05, 3.63) is 23.3 Å². The number of nitrogens with two attached hydrogens (primary N) is 2. The lowest BCUT2D eigenvalue weighted by molar-refractivity contribution is 1.24. The van der Waals surface area contributed by atoms with Crippen LogP contribution in [0.25, 0.3) is 0 Å². The van der Waals surface area contributed by atoms with Gasteiger partial charge in [-0.25, -0.2) is 0 Å². The molecule has 0 spiro atoms. The molecule has 0 aliphatic heterocycles. The summed E-state index contributed by atoms with van der Waals surface area (Å²) >= 11 is 0. The Bertz CT molecular complexity index is 409. The van der Waals surface area contributed by atoms with Crippen molar-refractivity contribution in [1.29, 1.82) is 10.5 Å². The van der Waals surface area contributed by atoms with Gasteiger partial charge in [-0.05, 0) is 17.7 Å². The van der Waals surface area contributed by atoms with Gasteiger partial charge in [0.2, 0.25) is 0 Å². The van der Waals surface area contributed by atoms with Crippen LogP contribution in [-0.4, -0.2) is 0 Å². The van der Waals surface area contributed by atoms with Gasteiger partial charge in [0.15, 0.2) is 0 Å². The summed E-state index contributed by atoms with van der Waals surface area (Å²) in [6.07, 6.45) is 0.174. The second-order valence-corrected chi connectivity index (χ2v) is 2.58. The SMILES string of the molecule is N#CCc1cc(N)c(N)cc1C#N. The second kappa shape index (κ2) is 3.46. The van der Waals surface area contributed by atoms with Crippen LogP contribution in [0.1, 0.15) is 11.1 Å². The molecule has 0 heterocycles. The molecule has 1 aromatic rings. The third-order valence-electron chi connectivity index (χ3n) is 1.70. The number of nitrogens with zero attached hydrogens (tertiary/aromatic N) is 2. The van der Waals surface area contributed by atoms with E-state index >= 15 is 0 Å². The van der Waals surface area contributed by atoms with E-state index in [1.54, 1.807) is 6.07 Å². The molecular weight excluding hydrogens is 164 g/mol. The summed E-state index contributed by atoms with van der Waals surface area (Å²) in [6, 6.07) is 6.97. The molecule has 4 N–H and O–H groups in total. The fraction of sp³-hybridized carbons (Fsp3) is 0.111. The Morgan fingerprint density at radius 3 is 2.31 bits per heavy atom. The zero-order valence-corrected chi connectivity index (χ0v) is 6.91. The van der Waals surface area contributed by atoms with Crippen LogP contribution in [0.3, 0.4) is 0 Å². The first-order valence-corrected chi connectivity index (χ1v) is 3.64. The van der Waals surface area contributed by atoms with Crippen molar-refractivity contribution in [2.24, 2.45) is 0 Å². The van der Waals surface area contributed by atoms with E-state index in [4.69, 9.17) is 22.0 Å². The van der Waals surface area contributed by atoms with Gasteiger partial charge < -0.3 is 11.5 Å². The fourth-order valence-corrected chi connectivity index (χ4v) is 1.02. The van der Waals surface area contributed by atoms with Gasteiger partial charge >= 0.3 is 0 Å². The maximum atomic E-state index is 8.70. The zero-order chi connectivity index (χ0) is 9.84. The third kappa shape index (κ3) is 1.69. The van der Waals surface area contributed by atoms with Crippen LogP contribution in [0.5, 0.6) is 0 Å². The summed E-state index contributed by atoms with van der Waals surface area (Å²) in [5, 5.41) is 17.2. The molecule has 0 saturated carbocycles. The van der Waals surface area contributed by atoms with Crippen LogP contribution in [0, 0.1) is 22.7 Å². The van der Waals surface area contributed by atoms with Gasteiger partial charge in [0, 0.05) is 0 Å². The molecule has 4 nitrogen and oxygen atoms in total. The molecule has 0 aliphatic carbocycles. The van der Waals surface area contributed by atoms with Crippen LogP contribution in [0.4, 0.5) is 11.4 Å². The Labute approximate surface area is 76.0 Å². The Kier molecular flexibility index (Phi) is 2.37. The number of rotatable bonds is 1. The normalized spacial score (nSPS) is 8.77. The lowest BCUT2D eigenvalue weighted by Gasteiger charge is -2.03. The highest BCUT2D eigenvalue weighted by atomic mass is 14.7. The first-order valence-electron chi connectivity index (χ1n) is 3.64. The van der Waals surface area contributed by atoms with Gasteiger partial charge in [-0.15, -0.1) is 0 Å². The molecular formula is C9H8N4. The van der Waals surface area contributed by atoms with Gasteiger partial charge in [0.1, 0.15) is 0 Å². The highest BCUT2D eigenvalue weighted by Gasteiger charge is 2.04. The van der Waals surface area contributed by atoms with Crippen molar-refractivity contribution in [1.82, 2.24) is 0 Å². The summed E-state index contributed by atoms with van der Waals surface area (Å²) in [6.45, 7) is 0. The number of nitrogen functional groups attached to an aromatic ring is 2. The fourth-order valence-electron chi connectivity index (χ4n) is 1.02. The second-order valence-electron chi connectivity index (χ2n) is 2.58. The molecule has 0 radical (unpaired) electrons. The van der Waals surface area contributed by atoms with E-state index in [1.807, 2.05) is 12.1 Å². The van der Waals surface area contributed by atoms with E-state index in [0.29, 0.717) is 22.5 Å². The van der Waals surface area contributed by atoms with Crippen molar-refractivity contribution >= 4 is 11.4 Å². The molecule has 64 valence electrons. The third-order valence-corrected chi connectivity index (χ3v) is 1.70. The number of benzene rings is 1. The van der Waals surface area contributed by atoms with Crippen LogP contribution in [0.2, 0.25) is 0 Å². The molecule has 0 aromatic heterocycles. The number of hydrogen-bond donors (Lipinski definition) is 2. The summed E-state index contributed by atoms with van der Waals surface area (Å²) in [5.41, 5.74) is 12.8. The number of anilines is 2. The van der Waals surface area contributed by atoms with E-state index in [-0.39, 0.29) is 6.42 Å². The van der Waals surface area contributed by atoms with Crippen LogP contribution in [-0.2, 0) is 6.42 Å². The molecule has 0 amide bonds. The van der Waals surface area contributed by atoms with E-state index in [2.05, 4.69) is 0 Å². The summed E-state index contributed by atoms with van der Waals surface area (Å²) in [4.78, 5) is 0. The molecule has 0 saturated heterocycles. The highest BCUT2D eigenvalue weighted by Crippen LogP contribution is 2.20. The zero-order valence-electron chi connectivity index (χ0n) is 6.91.